The lowest BCUT2D eigenvalue weighted by atomic mass is 10.1. The molecule has 0 aliphatic carbocycles. The van der Waals surface area contributed by atoms with Gasteiger partial charge < -0.3 is 4.74 Å². The number of benzene rings is 3. The van der Waals surface area contributed by atoms with Crippen LogP contribution in [0.5, 0.6) is 0 Å². The van der Waals surface area contributed by atoms with Crippen LogP contribution in [-0.4, -0.2) is 15.7 Å². The SMILES string of the molecule is Cc1ccccc1COC(=O)c1nn(-c2ccccc2)c(=O)c2ccccc12. The Morgan fingerprint density at radius 1 is 0.893 bits per heavy atom. The second-order valence-electron chi connectivity index (χ2n) is 6.45. The first-order valence-corrected chi connectivity index (χ1v) is 8.94. The molecule has 0 saturated heterocycles. The maximum atomic E-state index is 12.9. The molecular weight excluding hydrogens is 352 g/mol. The minimum atomic E-state index is -0.566. The first kappa shape index (κ1) is 17.7. The van der Waals surface area contributed by atoms with E-state index in [0.29, 0.717) is 16.5 Å². The van der Waals surface area contributed by atoms with E-state index in [1.165, 1.54) is 4.68 Å². The standard InChI is InChI=1S/C23H18N2O3/c1-16-9-5-6-10-17(16)15-28-23(27)21-19-13-7-8-14-20(19)22(26)25(24-21)18-11-3-2-4-12-18/h2-14H,15H2,1H3. The van der Waals surface area contributed by atoms with Crippen LogP contribution >= 0.6 is 0 Å². The zero-order valence-electron chi connectivity index (χ0n) is 15.3. The summed E-state index contributed by atoms with van der Waals surface area (Å²) in [5.74, 6) is -0.566. The monoisotopic (exact) mass is 370 g/mol. The van der Waals surface area contributed by atoms with Crippen molar-refractivity contribution in [1.29, 1.82) is 0 Å². The van der Waals surface area contributed by atoms with Crippen molar-refractivity contribution in [2.45, 2.75) is 13.5 Å². The van der Waals surface area contributed by atoms with Crippen molar-refractivity contribution in [1.82, 2.24) is 9.78 Å². The molecule has 0 unspecified atom stereocenters. The second-order valence-corrected chi connectivity index (χ2v) is 6.45. The molecule has 0 aliphatic heterocycles. The number of rotatable bonds is 4. The van der Waals surface area contributed by atoms with Crippen LogP contribution in [0.25, 0.3) is 16.5 Å². The molecule has 0 fully saturated rings. The molecule has 0 aliphatic rings. The van der Waals surface area contributed by atoms with Gasteiger partial charge in [-0.05, 0) is 36.2 Å². The highest BCUT2D eigenvalue weighted by Gasteiger charge is 2.19. The molecule has 5 heteroatoms. The van der Waals surface area contributed by atoms with E-state index < -0.39 is 5.97 Å². The summed E-state index contributed by atoms with van der Waals surface area (Å²) in [5, 5.41) is 5.24. The maximum Gasteiger partial charge on any atom is 0.359 e. The summed E-state index contributed by atoms with van der Waals surface area (Å²) in [6, 6.07) is 23.7. The van der Waals surface area contributed by atoms with E-state index in [1.54, 1.807) is 36.4 Å². The fourth-order valence-corrected chi connectivity index (χ4v) is 3.07. The van der Waals surface area contributed by atoms with Gasteiger partial charge in [-0.25, -0.2) is 4.79 Å². The van der Waals surface area contributed by atoms with Crippen molar-refractivity contribution in [3.63, 3.8) is 0 Å². The molecule has 3 aromatic carbocycles. The quantitative estimate of drug-likeness (QED) is 0.509. The molecule has 0 atom stereocenters. The minimum absolute atomic E-state index is 0.118. The van der Waals surface area contributed by atoms with Crippen molar-refractivity contribution in [2.24, 2.45) is 0 Å². The maximum absolute atomic E-state index is 12.9. The first-order chi connectivity index (χ1) is 13.6. The van der Waals surface area contributed by atoms with Crippen LogP contribution in [-0.2, 0) is 11.3 Å². The zero-order chi connectivity index (χ0) is 19.5. The van der Waals surface area contributed by atoms with Crippen molar-refractivity contribution in [3.05, 3.63) is 106 Å². The van der Waals surface area contributed by atoms with Crippen LogP contribution in [0.2, 0.25) is 0 Å². The highest BCUT2D eigenvalue weighted by atomic mass is 16.5. The van der Waals surface area contributed by atoms with E-state index in [0.717, 1.165) is 11.1 Å². The number of carbonyl (C=O) groups is 1. The Balaban J connectivity index is 1.77. The Labute approximate surface area is 161 Å². The lowest BCUT2D eigenvalue weighted by Crippen LogP contribution is -2.25. The number of ether oxygens (including phenoxy) is 1. The van der Waals surface area contributed by atoms with Crippen LogP contribution in [0.4, 0.5) is 0 Å². The largest absolute Gasteiger partial charge is 0.456 e. The number of nitrogens with zero attached hydrogens (tertiary/aromatic N) is 2. The van der Waals surface area contributed by atoms with E-state index in [1.807, 2.05) is 49.4 Å². The van der Waals surface area contributed by atoms with E-state index in [-0.39, 0.29) is 17.9 Å². The molecule has 5 nitrogen and oxygen atoms in total. The van der Waals surface area contributed by atoms with Gasteiger partial charge in [0.05, 0.1) is 11.1 Å². The minimum Gasteiger partial charge on any atom is -0.456 e. The van der Waals surface area contributed by atoms with Gasteiger partial charge in [-0.3, -0.25) is 4.79 Å². The lowest BCUT2D eigenvalue weighted by Gasteiger charge is -2.11. The summed E-state index contributed by atoms with van der Waals surface area (Å²) < 4.78 is 6.76. The zero-order valence-corrected chi connectivity index (χ0v) is 15.3. The Bertz CT molecular complexity index is 1210. The number of para-hydroxylation sites is 1. The third-order valence-electron chi connectivity index (χ3n) is 4.62. The lowest BCUT2D eigenvalue weighted by molar-refractivity contribution is 0.0465. The van der Waals surface area contributed by atoms with Gasteiger partial charge in [0, 0.05) is 5.39 Å². The third-order valence-corrected chi connectivity index (χ3v) is 4.62. The number of aryl methyl sites for hydroxylation is 1. The molecule has 28 heavy (non-hydrogen) atoms. The van der Waals surface area contributed by atoms with Gasteiger partial charge in [-0.15, -0.1) is 0 Å². The molecule has 0 spiro atoms. The average Bonchev–Trinajstić information content (AvgIpc) is 2.74. The molecular formula is C23H18N2O3. The van der Waals surface area contributed by atoms with Crippen LogP contribution in [0.3, 0.4) is 0 Å². The number of hydrogen-bond donors (Lipinski definition) is 0. The Morgan fingerprint density at radius 3 is 2.29 bits per heavy atom. The Hall–Kier alpha value is -3.73. The number of aromatic nitrogens is 2. The molecule has 4 aromatic rings. The van der Waals surface area contributed by atoms with E-state index in [2.05, 4.69) is 5.10 Å². The summed E-state index contributed by atoms with van der Waals surface area (Å²) in [7, 11) is 0. The summed E-state index contributed by atoms with van der Waals surface area (Å²) in [4.78, 5) is 25.7. The summed E-state index contributed by atoms with van der Waals surface area (Å²) in [6.45, 7) is 2.11. The van der Waals surface area contributed by atoms with Crippen LogP contribution in [0.15, 0.2) is 83.7 Å². The molecule has 0 radical (unpaired) electrons. The van der Waals surface area contributed by atoms with Gasteiger partial charge in [0.1, 0.15) is 6.61 Å². The summed E-state index contributed by atoms with van der Waals surface area (Å²) in [6.07, 6.45) is 0. The van der Waals surface area contributed by atoms with Crippen LogP contribution in [0, 0.1) is 6.92 Å². The molecule has 0 N–H and O–H groups in total. The first-order valence-electron chi connectivity index (χ1n) is 8.94. The third kappa shape index (κ3) is 3.30. The highest BCUT2D eigenvalue weighted by molar-refractivity contribution is 6.02. The van der Waals surface area contributed by atoms with Gasteiger partial charge in [-0.2, -0.15) is 9.78 Å². The number of carbonyl (C=O) groups excluding carboxylic acids is 1. The highest BCUT2D eigenvalue weighted by Crippen LogP contribution is 2.17. The molecule has 1 heterocycles. The fourth-order valence-electron chi connectivity index (χ4n) is 3.07. The van der Waals surface area contributed by atoms with Crippen molar-refractivity contribution >= 4 is 16.7 Å². The van der Waals surface area contributed by atoms with Crippen LogP contribution in [0.1, 0.15) is 21.6 Å². The number of esters is 1. The van der Waals surface area contributed by atoms with E-state index >= 15 is 0 Å². The number of hydrogen-bond acceptors (Lipinski definition) is 4. The predicted octanol–water partition coefficient (Wildman–Crippen LogP) is 4.05. The molecule has 0 saturated carbocycles. The van der Waals surface area contributed by atoms with Gasteiger partial charge in [-0.1, -0.05) is 60.7 Å². The van der Waals surface area contributed by atoms with Crippen molar-refractivity contribution in [2.75, 3.05) is 0 Å². The van der Waals surface area contributed by atoms with Gasteiger partial charge >= 0.3 is 5.97 Å². The van der Waals surface area contributed by atoms with E-state index in [9.17, 15) is 9.59 Å². The topological polar surface area (TPSA) is 61.2 Å². The van der Waals surface area contributed by atoms with Gasteiger partial charge in [0.2, 0.25) is 0 Å². The van der Waals surface area contributed by atoms with Gasteiger partial charge in [0.15, 0.2) is 5.69 Å². The predicted molar refractivity (Wildman–Crippen MR) is 108 cm³/mol. The van der Waals surface area contributed by atoms with Crippen molar-refractivity contribution < 1.29 is 9.53 Å². The number of fused-ring (bicyclic) bond motifs is 1. The van der Waals surface area contributed by atoms with Crippen LogP contribution < -0.4 is 5.56 Å². The molecule has 138 valence electrons. The second kappa shape index (κ2) is 7.48. The van der Waals surface area contributed by atoms with Crippen molar-refractivity contribution in [3.8, 4) is 5.69 Å². The summed E-state index contributed by atoms with van der Waals surface area (Å²) >= 11 is 0. The molecule has 0 amide bonds. The normalized spacial score (nSPS) is 10.8. The molecule has 4 rings (SSSR count). The summed E-state index contributed by atoms with van der Waals surface area (Å²) in [5.41, 5.74) is 2.40. The van der Waals surface area contributed by atoms with E-state index in [4.69, 9.17) is 4.74 Å². The fraction of sp³-hybridized carbons (Fsp3) is 0.0870. The van der Waals surface area contributed by atoms with Gasteiger partial charge in [0.25, 0.3) is 5.56 Å². The average molecular weight is 370 g/mol. The Kier molecular flexibility index (Phi) is 4.72. The molecule has 1 aromatic heterocycles. The Morgan fingerprint density at radius 2 is 1.54 bits per heavy atom. The smallest absolute Gasteiger partial charge is 0.359 e. The molecule has 0 bridgehead atoms.